The van der Waals surface area contributed by atoms with Gasteiger partial charge in [-0.05, 0) is 84.6 Å². The third-order valence-corrected chi connectivity index (χ3v) is 8.88. The van der Waals surface area contributed by atoms with Crippen LogP contribution in [-0.4, -0.2) is 73.0 Å². The maximum atomic E-state index is 13.1. The second kappa shape index (κ2) is 16.0. The largest absolute Gasteiger partial charge is 0.458 e. The van der Waals surface area contributed by atoms with Crippen LogP contribution in [0.2, 0.25) is 5.02 Å². The van der Waals surface area contributed by atoms with Crippen molar-refractivity contribution in [2.75, 3.05) is 29.0 Å². The van der Waals surface area contributed by atoms with Crippen molar-refractivity contribution in [3.63, 3.8) is 0 Å². The maximum absolute atomic E-state index is 13.1. The van der Waals surface area contributed by atoms with Crippen molar-refractivity contribution in [2.24, 2.45) is 5.92 Å². The predicted octanol–water partition coefficient (Wildman–Crippen LogP) is 6.70. The third-order valence-electron chi connectivity index (χ3n) is 7.87. The van der Waals surface area contributed by atoms with Gasteiger partial charge in [-0.15, -0.1) is 0 Å². The Hall–Kier alpha value is -5.17. The number of benzene rings is 1. The summed E-state index contributed by atoms with van der Waals surface area (Å²) in [4.78, 5) is 60.6. The van der Waals surface area contributed by atoms with Crippen LogP contribution in [0.4, 0.5) is 55.2 Å². The van der Waals surface area contributed by atoms with E-state index in [1.54, 1.807) is 24.7 Å². The summed E-state index contributed by atoms with van der Waals surface area (Å²) in [6.07, 6.45) is -1.34. The van der Waals surface area contributed by atoms with Gasteiger partial charge >= 0.3 is 23.9 Å². The van der Waals surface area contributed by atoms with E-state index in [0.29, 0.717) is 47.6 Å². The number of carbonyl (C=O) groups is 4. The zero-order valence-electron chi connectivity index (χ0n) is 26.6. The number of hydrogen-bond acceptors (Lipinski definition) is 11. The summed E-state index contributed by atoms with van der Waals surface area (Å²) in [5.74, 6) is -5.70. The monoisotopic (exact) mass is 768 g/mol. The van der Waals surface area contributed by atoms with Crippen LogP contribution >= 0.6 is 23.1 Å². The molecular formula is C32H27ClF6N8O4S. The van der Waals surface area contributed by atoms with Crippen molar-refractivity contribution in [3.05, 3.63) is 76.1 Å². The molecule has 2 aliphatic heterocycles. The second-order valence-electron chi connectivity index (χ2n) is 11.6. The third kappa shape index (κ3) is 9.99. The van der Waals surface area contributed by atoms with Gasteiger partial charge in [0.05, 0.1) is 18.1 Å². The molecule has 0 saturated carbocycles. The molecule has 3 aromatic heterocycles. The molecule has 5 heterocycles. The van der Waals surface area contributed by atoms with Gasteiger partial charge in [-0.1, -0.05) is 11.6 Å². The number of halogens is 7. The summed E-state index contributed by atoms with van der Waals surface area (Å²) in [5, 5.41) is 10.0. The number of piperidine rings is 1. The molecule has 52 heavy (non-hydrogen) atoms. The van der Waals surface area contributed by atoms with Crippen LogP contribution < -0.4 is 16.0 Å². The molecule has 3 N–H and O–H groups in total. The van der Waals surface area contributed by atoms with Crippen molar-refractivity contribution in [1.29, 1.82) is 0 Å². The number of carbonyl (C=O) groups excluding carboxylic acids is 4. The summed E-state index contributed by atoms with van der Waals surface area (Å²) in [7, 11) is 0. The first-order valence-corrected chi connectivity index (χ1v) is 16.6. The summed E-state index contributed by atoms with van der Waals surface area (Å²) in [6.45, 7) is 1.30. The first-order valence-electron chi connectivity index (χ1n) is 15.4. The molecule has 6 rings (SSSR count). The SMILES string of the molecule is O=C(C(=O)C(F)(F)F)C(F)(F)F.O=C(CC1CCN(C(=O)c2ccns2)CC1)Nc1ccc2cc1CCc1cncc(c1)Nc1ncc(Cl)c(n1)N2. The van der Waals surface area contributed by atoms with Crippen LogP contribution in [0, 0.1) is 5.92 Å². The number of nitrogens with zero attached hydrogens (tertiary/aromatic N) is 5. The Balaban J connectivity index is 0.000000376. The van der Waals surface area contributed by atoms with Crippen molar-refractivity contribution in [3.8, 4) is 0 Å². The number of aryl methyl sites for hydroxylation is 2. The highest BCUT2D eigenvalue weighted by molar-refractivity contribution is 7.08. The minimum Gasteiger partial charge on any atom is -0.339 e. The van der Waals surface area contributed by atoms with Crippen LogP contribution in [0.5, 0.6) is 0 Å². The lowest BCUT2D eigenvalue weighted by Gasteiger charge is -2.31. The van der Waals surface area contributed by atoms with Crippen LogP contribution in [0.15, 0.2) is 55.1 Å². The Kier molecular flexibility index (Phi) is 11.7. The Morgan fingerprint density at radius 1 is 0.904 bits per heavy atom. The van der Waals surface area contributed by atoms with Crippen LogP contribution in [0.1, 0.15) is 40.1 Å². The number of amides is 2. The Morgan fingerprint density at radius 2 is 1.62 bits per heavy atom. The molecule has 2 amide bonds. The number of rotatable bonds is 5. The standard InChI is InChI=1S/C28H27ClN8O2S.C4F6O2/c29-22-16-31-28-34-21-11-18(14-30-15-21)1-2-19-13-20(33-26(22)36-28)3-4-23(19)35-25(38)12-17-6-9-37(10-7-17)27(39)24-5-8-32-40-24;5-3(6,7)1(11)2(12)4(8,9)10/h3-5,8,11,13-17H,1-2,6-7,9-10,12H2,(H,35,38)(H2,31,33,34,36);. The molecule has 0 radical (unpaired) electrons. The van der Waals surface area contributed by atoms with E-state index in [9.17, 15) is 45.5 Å². The average Bonchev–Trinajstić information content (AvgIpc) is 3.64. The molecule has 0 spiro atoms. The number of pyridine rings is 1. The summed E-state index contributed by atoms with van der Waals surface area (Å²) >= 11 is 7.59. The van der Waals surface area contributed by atoms with E-state index < -0.39 is 23.9 Å². The van der Waals surface area contributed by atoms with Crippen molar-refractivity contribution < 1.29 is 45.5 Å². The minimum atomic E-state index is -5.77. The van der Waals surface area contributed by atoms with E-state index in [1.807, 2.05) is 35.4 Å². The van der Waals surface area contributed by atoms with E-state index in [0.717, 1.165) is 47.5 Å². The van der Waals surface area contributed by atoms with Gasteiger partial charge < -0.3 is 20.9 Å². The molecule has 0 atom stereocenters. The molecular weight excluding hydrogens is 742 g/mol. The number of fused-ring (bicyclic) bond motifs is 6. The van der Waals surface area contributed by atoms with E-state index >= 15 is 0 Å². The Bertz CT molecular complexity index is 1930. The van der Waals surface area contributed by atoms with Gasteiger partial charge in [0.15, 0.2) is 5.82 Å². The summed E-state index contributed by atoms with van der Waals surface area (Å²) < 4.78 is 71.0. The molecule has 1 aromatic carbocycles. The Labute approximate surface area is 300 Å². The predicted molar refractivity (Wildman–Crippen MR) is 178 cm³/mol. The fraction of sp³-hybridized carbons (Fsp3) is 0.312. The molecule has 1 saturated heterocycles. The van der Waals surface area contributed by atoms with Gasteiger partial charge in [0, 0.05) is 43.3 Å². The van der Waals surface area contributed by atoms with E-state index in [2.05, 4.69) is 35.3 Å². The average molecular weight is 769 g/mol. The lowest BCUT2D eigenvalue weighted by molar-refractivity contribution is -0.193. The number of likely N-dealkylation sites (tertiary alicyclic amines) is 1. The summed E-state index contributed by atoms with van der Waals surface area (Å²) in [6, 6.07) is 9.59. The lowest BCUT2D eigenvalue weighted by atomic mass is 9.93. The fourth-order valence-electron chi connectivity index (χ4n) is 5.30. The van der Waals surface area contributed by atoms with Gasteiger partial charge in [-0.2, -0.15) is 31.3 Å². The number of hydrogen-bond donors (Lipinski definition) is 3. The van der Waals surface area contributed by atoms with Crippen LogP contribution in [0.25, 0.3) is 0 Å². The number of anilines is 5. The molecule has 4 aromatic rings. The normalized spacial score (nSPS) is 14.6. The van der Waals surface area contributed by atoms with E-state index in [-0.39, 0.29) is 17.7 Å². The van der Waals surface area contributed by atoms with Crippen molar-refractivity contribution >= 4 is 75.3 Å². The highest BCUT2D eigenvalue weighted by Gasteiger charge is 2.54. The maximum Gasteiger partial charge on any atom is 0.458 e. The van der Waals surface area contributed by atoms with Crippen molar-refractivity contribution in [2.45, 2.75) is 44.5 Å². The highest BCUT2D eigenvalue weighted by atomic mass is 35.5. The van der Waals surface area contributed by atoms with Gasteiger partial charge in [-0.25, -0.2) is 9.36 Å². The zero-order valence-corrected chi connectivity index (χ0v) is 28.2. The lowest BCUT2D eigenvalue weighted by Crippen LogP contribution is -2.39. The van der Waals surface area contributed by atoms with E-state index in [1.165, 1.54) is 11.5 Å². The van der Waals surface area contributed by atoms with Gasteiger partial charge in [0.1, 0.15) is 9.90 Å². The molecule has 0 aliphatic carbocycles. The molecule has 12 nitrogen and oxygen atoms in total. The molecule has 2 aliphatic rings. The quantitative estimate of drug-likeness (QED) is 0.147. The number of nitrogens with one attached hydrogen (secondary N) is 3. The number of Topliss-reactive ketones (excluding diaryl/α,β-unsaturated/α-hetero) is 2. The highest BCUT2D eigenvalue weighted by Crippen LogP contribution is 2.30. The summed E-state index contributed by atoms with van der Waals surface area (Å²) in [5.41, 5.74) is 4.41. The molecule has 1 fully saturated rings. The van der Waals surface area contributed by atoms with Crippen molar-refractivity contribution in [1.82, 2.24) is 24.2 Å². The number of ketones is 2. The zero-order chi connectivity index (χ0) is 37.6. The molecule has 20 heteroatoms. The molecule has 0 unspecified atom stereocenters. The first-order chi connectivity index (χ1) is 24.6. The van der Waals surface area contributed by atoms with Crippen LogP contribution in [0.3, 0.4) is 0 Å². The number of aromatic nitrogens is 4. The number of alkyl halides is 6. The molecule has 274 valence electrons. The van der Waals surface area contributed by atoms with Gasteiger partial charge in [0.2, 0.25) is 11.9 Å². The van der Waals surface area contributed by atoms with Gasteiger partial charge in [0.25, 0.3) is 5.91 Å². The second-order valence-corrected chi connectivity index (χ2v) is 12.9. The van der Waals surface area contributed by atoms with Crippen LogP contribution in [-0.2, 0) is 27.2 Å². The Morgan fingerprint density at radius 3 is 2.27 bits per heavy atom. The smallest absolute Gasteiger partial charge is 0.339 e. The van der Waals surface area contributed by atoms with E-state index in [4.69, 9.17) is 11.6 Å². The fourth-order valence-corrected chi connectivity index (χ4v) is 6.00. The molecule has 6 bridgehead atoms. The minimum absolute atomic E-state index is 0.0232. The topological polar surface area (TPSA) is 159 Å². The van der Waals surface area contributed by atoms with Gasteiger partial charge in [-0.3, -0.25) is 24.2 Å². The first kappa shape index (κ1) is 38.1.